The number of hydrogen-bond donors (Lipinski definition) is 1. The fourth-order valence-corrected chi connectivity index (χ4v) is 4.27. The maximum Gasteiger partial charge on any atom is 0.255 e. The highest BCUT2D eigenvalue weighted by molar-refractivity contribution is 6.06. The maximum atomic E-state index is 12.9. The molecule has 0 saturated carbocycles. The summed E-state index contributed by atoms with van der Waals surface area (Å²) in [4.78, 5) is 12.9. The number of amides is 1. The minimum absolute atomic E-state index is 0.302. The van der Waals surface area contributed by atoms with Crippen LogP contribution in [0.4, 0.5) is 5.69 Å². The molecule has 6 rings (SSSR count). The van der Waals surface area contributed by atoms with E-state index in [0.29, 0.717) is 33.8 Å². The van der Waals surface area contributed by atoms with Crippen LogP contribution in [-0.2, 0) is 12.8 Å². The highest BCUT2D eigenvalue weighted by atomic mass is 16.6. The summed E-state index contributed by atoms with van der Waals surface area (Å²) >= 11 is 0. The summed E-state index contributed by atoms with van der Waals surface area (Å²) in [6.07, 6.45) is 1.77. The molecule has 2 aromatic heterocycles. The van der Waals surface area contributed by atoms with Gasteiger partial charge in [0, 0.05) is 22.3 Å². The summed E-state index contributed by atoms with van der Waals surface area (Å²) < 4.78 is 16.0. The fraction of sp³-hybridized carbons (Fsp3) is 0.120. The van der Waals surface area contributed by atoms with Crippen LogP contribution in [0.2, 0.25) is 0 Å². The molecule has 3 aromatic carbocycles. The molecule has 0 aliphatic heterocycles. The van der Waals surface area contributed by atoms with Gasteiger partial charge in [0.05, 0.1) is 12.8 Å². The molecule has 0 atom stereocenters. The number of carbonyl (C=O) groups excluding carboxylic acids is 1. The second-order valence-corrected chi connectivity index (χ2v) is 7.83. The van der Waals surface area contributed by atoms with E-state index in [2.05, 4.69) is 32.9 Å². The monoisotopic (exact) mass is 438 g/mol. The van der Waals surface area contributed by atoms with Crippen molar-refractivity contribution in [1.82, 2.24) is 15.5 Å². The molecule has 8 heteroatoms. The number of methoxy groups -OCH3 is 1. The quantitative estimate of drug-likeness (QED) is 0.425. The highest BCUT2D eigenvalue weighted by Gasteiger charge is 2.25. The number of nitrogens with one attached hydrogen (secondary N) is 1. The topological polar surface area (TPSA) is 103 Å². The maximum absolute atomic E-state index is 12.9. The smallest absolute Gasteiger partial charge is 0.255 e. The van der Waals surface area contributed by atoms with Gasteiger partial charge in [-0.05, 0) is 65.1 Å². The number of benzene rings is 3. The van der Waals surface area contributed by atoms with Gasteiger partial charge in [-0.3, -0.25) is 4.79 Å². The van der Waals surface area contributed by atoms with E-state index in [4.69, 9.17) is 13.9 Å². The first kappa shape index (κ1) is 19.2. The summed E-state index contributed by atoms with van der Waals surface area (Å²) in [6, 6.07) is 18.8. The standard InChI is InChI=1S/C25H18N4O4/c1-31-22-11-8-15(24-18-9-6-14-4-2-3-5-17(14)23(18)29-32-24)12-21(22)26-25(30)16-7-10-19-20(13-16)28-33-27-19/h2-5,7-8,10-13H,6,9H2,1H3,(H,26,30). The summed E-state index contributed by atoms with van der Waals surface area (Å²) in [7, 11) is 1.56. The lowest BCUT2D eigenvalue weighted by Gasteiger charge is -2.15. The van der Waals surface area contributed by atoms with E-state index in [1.165, 1.54) is 5.56 Å². The zero-order valence-electron chi connectivity index (χ0n) is 17.7. The first-order chi connectivity index (χ1) is 16.2. The minimum Gasteiger partial charge on any atom is -0.495 e. The third kappa shape index (κ3) is 3.23. The van der Waals surface area contributed by atoms with Crippen LogP contribution in [0.3, 0.4) is 0 Å². The lowest BCUT2D eigenvalue weighted by atomic mass is 9.88. The Bertz CT molecular complexity index is 1520. The van der Waals surface area contributed by atoms with Crippen LogP contribution in [0.1, 0.15) is 21.5 Å². The second-order valence-electron chi connectivity index (χ2n) is 7.83. The first-order valence-electron chi connectivity index (χ1n) is 10.5. The molecular weight excluding hydrogens is 420 g/mol. The van der Waals surface area contributed by atoms with Gasteiger partial charge in [0.1, 0.15) is 22.5 Å². The zero-order chi connectivity index (χ0) is 22.4. The number of aryl methyl sites for hydroxylation is 1. The van der Waals surface area contributed by atoms with Crippen LogP contribution in [0.25, 0.3) is 33.6 Å². The van der Waals surface area contributed by atoms with Crippen molar-refractivity contribution in [1.29, 1.82) is 0 Å². The lowest BCUT2D eigenvalue weighted by molar-refractivity contribution is 0.102. The lowest BCUT2D eigenvalue weighted by Crippen LogP contribution is -2.12. The number of fused-ring (bicyclic) bond motifs is 4. The van der Waals surface area contributed by atoms with Crippen LogP contribution >= 0.6 is 0 Å². The van der Waals surface area contributed by atoms with Gasteiger partial charge in [-0.1, -0.05) is 29.4 Å². The van der Waals surface area contributed by atoms with E-state index in [1.807, 2.05) is 24.3 Å². The Morgan fingerprint density at radius 3 is 2.76 bits per heavy atom. The molecule has 5 aromatic rings. The SMILES string of the molecule is COc1ccc(-c2onc3c2CCc2ccccc2-3)cc1NC(=O)c1ccc2nonc2c1. The molecule has 33 heavy (non-hydrogen) atoms. The minimum atomic E-state index is -0.302. The molecule has 1 aliphatic rings. The van der Waals surface area contributed by atoms with Gasteiger partial charge in [-0.2, -0.15) is 0 Å². The number of hydrogen-bond acceptors (Lipinski definition) is 7. The summed E-state index contributed by atoms with van der Waals surface area (Å²) in [5.41, 5.74) is 7.19. The molecule has 0 fully saturated rings. The Hall–Kier alpha value is -4.46. The molecule has 8 nitrogen and oxygen atoms in total. The van der Waals surface area contributed by atoms with Gasteiger partial charge in [-0.25, -0.2) is 4.63 Å². The summed E-state index contributed by atoms with van der Waals surface area (Å²) in [5, 5.41) is 14.9. The summed E-state index contributed by atoms with van der Waals surface area (Å²) in [5.74, 6) is 0.937. The van der Waals surface area contributed by atoms with Crippen LogP contribution in [-0.4, -0.2) is 28.5 Å². The van der Waals surface area contributed by atoms with Crippen LogP contribution in [0, 0.1) is 0 Å². The molecule has 0 bridgehead atoms. The molecule has 0 saturated heterocycles. The number of anilines is 1. The van der Waals surface area contributed by atoms with E-state index in [9.17, 15) is 4.79 Å². The van der Waals surface area contributed by atoms with E-state index in [1.54, 1.807) is 31.4 Å². The van der Waals surface area contributed by atoms with E-state index < -0.39 is 0 Å². The van der Waals surface area contributed by atoms with Crippen molar-refractivity contribution in [3.8, 4) is 28.3 Å². The van der Waals surface area contributed by atoms with Crippen molar-refractivity contribution in [3.05, 3.63) is 77.4 Å². The predicted octanol–water partition coefficient (Wildman–Crippen LogP) is 4.90. The zero-order valence-corrected chi connectivity index (χ0v) is 17.7. The van der Waals surface area contributed by atoms with Crippen molar-refractivity contribution < 1.29 is 18.7 Å². The Morgan fingerprint density at radius 1 is 0.970 bits per heavy atom. The van der Waals surface area contributed by atoms with Crippen LogP contribution in [0.15, 0.2) is 69.8 Å². The third-order valence-corrected chi connectivity index (χ3v) is 5.93. The Balaban J connectivity index is 1.36. The Morgan fingerprint density at radius 2 is 1.85 bits per heavy atom. The van der Waals surface area contributed by atoms with Gasteiger partial charge < -0.3 is 14.6 Å². The molecule has 2 heterocycles. The number of aromatic nitrogens is 3. The largest absolute Gasteiger partial charge is 0.495 e. The summed E-state index contributed by atoms with van der Waals surface area (Å²) in [6.45, 7) is 0. The average Bonchev–Trinajstić information content (AvgIpc) is 3.50. The van der Waals surface area contributed by atoms with Crippen molar-refractivity contribution in [2.75, 3.05) is 12.4 Å². The van der Waals surface area contributed by atoms with Gasteiger partial charge in [0.15, 0.2) is 5.76 Å². The fourth-order valence-electron chi connectivity index (χ4n) is 4.27. The molecule has 1 amide bonds. The number of ether oxygens (including phenoxy) is 1. The van der Waals surface area contributed by atoms with E-state index in [0.717, 1.165) is 35.2 Å². The van der Waals surface area contributed by atoms with Gasteiger partial charge in [-0.15, -0.1) is 0 Å². The van der Waals surface area contributed by atoms with Crippen molar-refractivity contribution in [2.45, 2.75) is 12.8 Å². The predicted molar refractivity (Wildman–Crippen MR) is 121 cm³/mol. The molecular formula is C25H18N4O4. The number of rotatable bonds is 4. The molecule has 0 radical (unpaired) electrons. The third-order valence-electron chi connectivity index (χ3n) is 5.93. The molecule has 0 unspecified atom stereocenters. The van der Waals surface area contributed by atoms with Crippen molar-refractivity contribution in [2.24, 2.45) is 0 Å². The van der Waals surface area contributed by atoms with Crippen LogP contribution < -0.4 is 10.1 Å². The Labute approximate surface area is 188 Å². The first-order valence-corrected chi connectivity index (χ1v) is 10.5. The van der Waals surface area contributed by atoms with Crippen molar-refractivity contribution in [3.63, 3.8) is 0 Å². The van der Waals surface area contributed by atoms with Gasteiger partial charge >= 0.3 is 0 Å². The van der Waals surface area contributed by atoms with E-state index >= 15 is 0 Å². The number of carbonyl (C=O) groups is 1. The highest BCUT2D eigenvalue weighted by Crippen LogP contribution is 2.40. The van der Waals surface area contributed by atoms with Gasteiger partial charge in [0.25, 0.3) is 5.91 Å². The second kappa shape index (κ2) is 7.59. The molecule has 1 N–H and O–H groups in total. The molecule has 162 valence electrons. The van der Waals surface area contributed by atoms with Crippen molar-refractivity contribution >= 4 is 22.6 Å². The average molecular weight is 438 g/mol. The Kier molecular flexibility index (Phi) is 4.43. The molecule has 1 aliphatic carbocycles. The van der Waals surface area contributed by atoms with Crippen LogP contribution in [0.5, 0.6) is 5.75 Å². The van der Waals surface area contributed by atoms with E-state index in [-0.39, 0.29) is 5.91 Å². The molecule has 0 spiro atoms. The van der Waals surface area contributed by atoms with Gasteiger partial charge in [0.2, 0.25) is 0 Å². The normalized spacial score (nSPS) is 12.3. The number of nitrogens with zero attached hydrogens (tertiary/aromatic N) is 3.